The van der Waals surface area contributed by atoms with Crippen molar-refractivity contribution in [1.82, 2.24) is 19.9 Å². The van der Waals surface area contributed by atoms with Crippen molar-refractivity contribution in [1.29, 1.82) is 0 Å². The average molecular weight is 313 g/mol. The minimum Gasteiger partial charge on any atom is -0.354 e. The van der Waals surface area contributed by atoms with Crippen LogP contribution in [-0.4, -0.2) is 45.9 Å². The molecule has 2 aromatic heterocycles. The fraction of sp³-hybridized carbons (Fsp3) is 0.412. The van der Waals surface area contributed by atoms with Crippen LogP contribution in [0.15, 0.2) is 36.9 Å². The van der Waals surface area contributed by atoms with Crippen molar-refractivity contribution >= 4 is 11.9 Å². The lowest BCUT2D eigenvalue weighted by molar-refractivity contribution is 0.0796. The van der Waals surface area contributed by atoms with Gasteiger partial charge in [0.15, 0.2) is 0 Å². The Kier molecular flexibility index (Phi) is 6.02. The Morgan fingerprint density at radius 2 is 1.87 bits per heavy atom. The molecule has 6 heteroatoms. The Balaban J connectivity index is 1.88. The summed E-state index contributed by atoms with van der Waals surface area (Å²) in [5, 5.41) is 3.13. The zero-order valence-corrected chi connectivity index (χ0v) is 13.9. The third-order valence-corrected chi connectivity index (χ3v) is 3.40. The van der Waals surface area contributed by atoms with E-state index in [1.165, 1.54) is 0 Å². The largest absolute Gasteiger partial charge is 0.354 e. The van der Waals surface area contributed by atoms with Crippen LogP contribution in [-0.2, 0) is 6.42 Å². The number of hydrogen-bond acceptors (Lipinski definition) is 5. The van der Waals surface area contributed by atoms with E-state index in [0.29, 0.717) is 24.0 Å². The minimum absolute atomic E-state index is 0.0746. The smallest absolute Gasteiger partial charge is 0.256 e. The molecule has 0 aliphatic carbocycles. The van der Waals surface area contributed by atoms with Gasteiger partial charge in [0, 0.05) is 44.9 Å². The zero-order valence-electron chi connectivity index (χ0n) is 13.9. The quantitative estimate of drug-likeness (QED) is 0.849. The van der Waals surface area contributed by atoms with Crippen LogP contribution in [0.1, 0.15) is 29.8 Å². The second-order valence-electron chi connectivity index (χ2n) is 5.90. The Hall–Kier alpha value is -2.50. The third-order valence-electron chi connectivity index (χ3n) is 3.40. The van der Waals surface area contributed by atoms with Crippen molar-refractivity contribution in [2.75, 3.05) is 25.5 Å². The van der Waals surface area contributed by atoms with E-state index in [1.54, 1.807) is 36.7 Å². The van der Waals surface area contributed by atoms with Crippen LogP contribution in [0.2, 0.25) is 0 Å². The van der Waals surface area contributed by atoms with Crippen LogP contribution < -0.4 is 5.32 Å². The first-order chi connectivity index (χ1) is 11.1. The third kappa shape index (κ3) is 5.32. The lowest BCUT2D eigenvalue weighted by atomic mass is 10.2. The molecule has 0 saturated heterocycles. The van der Waals surface area contributed by atoms with E-state index >= 15 is 0 Å². The van der Waals surface area contributed by atoms with E-state index in [-0.39, 0.29) is 5.91 Å². The molecule has 0 spiro atoms. The zero-order chi connectivity index (χ0) is 16.7. The summed E-state index contributed by atoms with van der Waals surface area (Å²) in [6.45, 7) is 5.67. The summed E-state index contributed by atoms with van der Waals surface area (Å²) in [4.78, 5) is 26.4. The van der Waals surface area contributed by atoms with Gasteiger partial charge in [-0.25, -0.2) is 9.97 Å². The molecule has 0 radical (unpaired) electrons. The second kappa shape index (κ2) is 8.22. The van der Waals surface area contributed by atoms with E-state index in [1.807, 2.05) is 12.1 Å². The molecular weight excluding hydrogens is 290 g/mol. The second-order valence-corrected chi connectivity index (χ2v) is 5.90. The van der Waals surface area contributed by atoms with Gasteiger partial charge in [-0.05, 0) is 30.0 Å². The highest BCUT2D eigenvalue weighted by molar-refractivity contribution is 5.93. The summed E-state index contributed by atoms with van der Waals surface area (Å²) in [5.41, 5.74) is 1.65. The van der Waals surface area contributed by atoms with Crippen LogP contribution in [0, 0.1) is 5.92 Å². The number of carbonyl (C=O) groups is 1. The maximum absolute atomic E-state index is 12.4. The van der Waals surface area contributed by atoms with Crippen molar-refractivity contribution in [2.24, 2.45) is 5.92 Å². The van der Waals surface area contributed by atoms with Gasteiger partial charge in [-0.2, -0.15) is 0 Å². The predicted molar refractivity (Wildman–Crippen MR) is 90.3 cm³/mol. The normalized spacial score (nSPS) is 10.6. The van der Waals surface area contributed by atoms with E-state index in [0.717, 1.165) is 18.5 Å². The number of pyridine rings is 1. The first kappa shape index (κ1) is 16.9. The van der Waals surface area contributed by atoms with Gasteiger partial charge in [0.05, 0.1) is 5.56 Å². The van der Waals surface area contributed by atoms with Gasteiger partial charge >= 0.3 is 0 Å². The number of amides is 1. The maximum Gasteiger partial charge on any atom is 0.256 e. The maximum atomic E-state index is 12.4. The molecule has 0 atom stereocenters. The monoisotopic (exact) mass is 313 g/mol. The topological polar surface area (TPSA) is 71.0 Å². The van der Waals surface area contributed by atoms with Gasteiger partial charge in [0.25, 0.3) is 5.91 Å². The summed E-state index contributed by atoms with van der Waals surface area (Å²) in [7, 11) is 1.79. The lowest BCUT2D eigenvalue weighted by Gasteiger charge is -2.17. The molecule has 0 bridgehead atoms. The van der Waals surface area contributed by atoms with Gasteiger partial charge in [-0.1, -0.05) is 13.8 Å². The number of nitrogens with one attached hydrogen (secondary N) is 1. The first-order valence-corrected chi connectivity index (χ1v) is 7.76. The number of aromatic nitrogens is 3. The minimum atomic E-state index is -0.0746. The Bertz CT molecular complexity index is 613. The van der Waals surface area contributed by atoms with E-state index in [9.17, 15) is 4.79 Å². The molecule has 1 amide bonds. The summed E-state index contributed by atoms with van der Waals surface area (Å²) < 4.78 is 0. The van der Waals surface area contributed by atoms with Gasteiger partial charge in [0.1, 0.15) is 0 Å². The summed E-state index contributed by atoms with van der Waals surface area (Å²) >= 11 is 0. The Labute approximate surface area is 137 Å². The van der Waals surface area contributed by atoms with Crippen LogP contribution >= 0.6 is 0 Å². The van der Waals surface area contributed by atoms with Gasteiger partial charge in [0.2, 0.25) is 5.95 Å². The number of hydrogen-bond donors (Lipinski definition) is 1. The Morgan fingerprint density at radius 1 is 1.22 bits per heavy atom. The van der Waals surface area contributed by atoms with E-state index in [2.05, 4.69) is 34.1 Å². The highest BCUT2D eigenvalue weighted by atomic mass is 16.2. The molecule has 1 N–H and O–H groups in total. The van der Waals surface area contributed by atoms with Crippen molar-refractivity contribution in [3.05, 3.63) is 48.0 Å². The van der Waals surface area contributed by atoms with E-state index < -0.39 is 0 Å². The summed E-state index contributed by atoms with van der Waals surface area (Å²) in [5.74, 6) is 0.989. The molecule has 2 rings (SSSR count). The molecular formula is C17H23N5O. The number of likely N-dealkylation sites (N-methyl/N-ethyl adjacent to an activating group) is 1. The molecule has 0 saturated carbocycles. The van der Waals surface area contributed by atoms with Crippen molar-refractivity contribution in [2.45, 2.75) is 20.3 Å². The summed E-state index contributed by atoms with van der Waals surface area (Å²) in [6.07, 6.45) is 7.45. The molecule has 6 nitrogen and oxygen atoms in total. The number of anilines is 1. The predicted octanol–water partition coefficient (Wildman–Crippen LogP) is 2.25. The van der Waals surface area contributed by atoms with Crippen LogP contribution in [0.5, 0.6) is 0 Å². The van der Waals surface area contributed by atoms with Crippen molar-refractivity contribution in [3.8, 4) is 0 Å². The number of nitrogens with zero attached hydrogens (tertiary/aromatic N) is 4. The van der Waals surface area contributed by atoms with E-state index in [4.69, 9.17) is 0 Å². The molecule has 0 aromatic carbocycles. The average Bonchev–Trinajstić information content (AvgIpc) is 2.58. The van der Waals surface area contributed by atoms with Crippen LogP contribution in [0.3, 0.4) is 0 Å². The molecule has 0 aliphatic rings. The molecule has 0 aliphatic heterocycles. The molecule has 0 unspecified atom stereocenters. The molecule has 23 heavy (non-hydrogen) atoms. The SMILES string of the molecule is CC(C)CNc1ncc(C(=O)N(C)CCc2ccncc2)cn1. The van der Waals surface area contributed by atoms with Crippen molar-refractivity contribution < 1.29 is 4.79 Å². The summed E-state index contributed by atoms with van der Waals surface area (Å²) in [6, 6.07) is 3.91. The standard InChI is InChI=1S/C17H23N5O/c1-13(2)10-19-17-20-11-15(12-21-17)16(23)22(3)9-6-14-4-7-18-8-5-14/h4-5,7-8,11-13H,6,9-10H2,1-3H3,(H,19,20,21). The highest BCUT2D eigenvalue weighted by Crippen LogP contribution is 2.06. The van der Waals surface area contributed by atoms with Crippen LogP contribution in [0.25, 0.3) is 0 Å². The molecule has 0 fully saturated rings. The fourth-order valence-corrected chi connectivity index (χ4v) is 1.99. The molecule has 122 valence electrons. The van der Waals surface area contributed by atoms with Gasteiger partial charge < -0.3 is 10.2 Å². The number of rotatable bonds is 7. The number of carbonyl (C=O) groups excluding carboxylic acids is 1. The Morgan fingerprint density at radius 3 is 2.48 bits per heavy atom. The first-order valence-electron chi connectivity index (χ1n) is 7.76. The highest BCUT2D eigenvalue weighted by Gasteiger charge is 2.12. The fourth-order valence-electron chi connectivity index (χ4n) is 1.99. The van der Waals surface area contributed by atoms with Gasteiger partial charge in [-0.3, -0.25) is 9.78 Å². The molecule has 2 heterocycles. The van der Waals surface area contributed by atoms with Gasteiger partial charge in [-0.15, -0.1) is 0 Å². The molecule has 2 aromatic rings. The van der Waals surface area contributed by atoms with Crippen LogP contribution in [0.4, 0.5) is 5.95 Å². The van der Waals surface area contributed by atoms with Crippen molar-refractivity contribution in [3.63, 3.8) is 0 Å². The lowest BCUT2D eigenvalue weighted by Crippen LogP contribution is -2.29.